The average molecular weight is 715 g/mol. The van der Waals surface area contributed by atoms with Crippen molar-refractivity contribution < 1.29 is 0 Å². The molecule has 0 radical (unpaired) electrons. The zero-order valence-corrected chi connectivity index (χ0v) is 30.8. The number of hydrogen-bond acceptors (Lipinski definition) is 2. The van der Waals surface area contributed by atoms with Crippen molar-refractivity contribution in [1.29, 1.82) is 0 Å². The van der Waals surface area contributed by atoms with E-state index in [1.165, 1.54) is 71.8 Å². The van der Waals surface area contributed by atoms with Crippen molar-refractivity contribution in [3.8, 4) is 44.6 Å². The number of fused-ring (bicyclic) bond motifs is 3. The number of rotatable bonds is 7. The summed E-state index contributed by atoms with van der Waals surface area (Å²) in [5.41, 5.74) is 16.2. The molecule has 0 fully saturated rings. The van der Waals surface area contributed by atoms with Gasteiger partial charge in [0.05, 0.1) is 17.3 Å². The summed E-state index contributed by atoms with van der Waals surface area (Å²) >= 11 is 0. The lowest BCUT2D eigenvalue weighted by Crippen LogP contribution is -2.21. The lowest BCUT2D eigenvalue weighted by atomic mass is 9.90. The second-order valence-electron chi connectivity index (χ2n) is 14.4. The van der Waals surface area contributed by atoms with Crippen LogP contribution in [-0.4, -0.2) is 4.98 Å². The van der Waals surface area contributed by atoms with Gasteiger partial charge in [-0.05, 0) is 96.8 Å². The molecule has 1 N–H and O–H groups in total. The van der Waals surface area contributed by atoms with Crippen LogP contribution >= 0.6 is 0 Å². The maximum Gasteiger partial charge on any atom is 0.0722 e. The van der Waals surface area contributed by atoms with Crippen LogP contribution in [0.15, 0.2) is 218 Å². The van der Waals surface area contributed by atoms with Crippen molar-refractivity contribution in [3.63, 3.8) is 0 Å². The minimum absolute atomic E-state index is 0.0750. The van der Waals surface area contributed by atoms with E-state index in [1.54, 1.807) is 0 Å². The minimum Gasteiger partial charge on any atom is -0.374 e. The van der Waals surface area contributed by atoms with Gasteiger partial charge in [-0.25, -0.2) is 4.98 Å². The summed E-state index contributed by atoms with van der Waals surface area (Å²) in [5, 5.41) is 7.36. The van der Waals surface area contributed by atoms with Crippen molar-refractivity contribution in [1.82, 2.24) is 10.3 Å². The molecular weight excluding hydrogens is 677 g/mol. The minimum atomic E-state index is 0.0750. The fourth-order valence-electron chi connectivity index (χ4n) is 8.11. The number of hydrogen-bond donors (Lipinski definition) is 1. The highest BCUT2D eigenvalue weighted by atomic mass is 14.9. The van der Waals surface area contributed by atoms with Gasteiger partial charge < -0.3 is 5.32 Å². The van der Waals surface area contributed by atoms with E-state index in [1.807, 2.05) is 0 Å². The van der Waals surface area contributed by atoms with Crippen molar-refractivity contribution in [3.05, 3.63) is 235 Å². The fourth-order valence-corrected chi connectivity index (χ4v) is 8.11. The SMILES string of the molecule is C1=C(c2ccc(-c3cccc(-c4cccc5c4ccc4nc(-c6ccccc6)cc(-c6ccccc6)c45)c3)cc2)C=C(c2ccccc2)NC1c1ccccc1. The molecule has 10 rings (SSSR count). The predicted molar refractivity (Wildman–Crippen MR) is 236 cm³/mol. The standard InChI is InChI=1S/C54H38N2/c1-5-15-39(16-6-1)49-36-53(42-21-11-4-12-22-42)55-50-32-31-47-46(25-14-26-48(47)54(49)50)44-24-13-23-43(33-44)37-27-29-38(30-28-37)45-34-51(40-17-7-2-8-18-40)56-52(35-45)41-19-9-3-10-20-41/h1-36,51,56H. The highest BCUT2D eigenvalue weighted by Crippen LogP contribution is 2.40. The Bertz CT molecular complexity index is 2890. The normalized spacial score (nSPS) is 13.9. The molecule has 0 saturated heterocycles. The zero-order valence-electron chi connectivity index (χ0n) is 30.8. The number of dihydropyridines is 1. The van der Waals surface area contributed by atoms with Gasteiger partial charge in [-0.1, -0.05) is 188 Å². The first-order valence-electron chi connectivity index (χ1n) is 19.2. The van der Waals surface area contributed by atoms with Crippen molar-refractivity contribution >= 4 is 32.9 Å². The predicted octanol–water partition coefficient (Wildman–Crippen LogP) is 13.8. The van der Waals surface area contributed by atoms with Crippen LogP contribution in [-0.2, 0) is 0 Å². The Balaban J connectivity index is 1.03. The summed E-state index contributed by atoms with van der Waals surface area (Å²) in [6, 6.07) is 73.8. The molecule has 2 heterocycles. The molecule has 1 aliphatic heterocycles. The molecule has 8 aromatic carbocycles. The first-order valence-corrected chi connectivity index (χ1v) is 19.2. The second kappa shape index (κ2) is 14.5. The Labute approximate surface area is 327 Å². The Morgan fingerprint density at radius 1 is 0.393 bits per heavy atom. The highest BCUT2D eigenvalue weighted by Gasteiger charge is 2.19. The van der Waals surface area contributed by atoms with Gasteiger partial charge in [-0.2, -0.15) is 0 Å². The first-order chi connectivity index (χ1) is 27.7. The number of nitrogens with one attached hydrogen (secondary N) is 1. The van der Waals surface area contributed by atoms with Gasteiger partial charge in [0.1, 0.15) is 0 Å². The molecule has 0 spiro atoms. The summed E-state index contributed by atoms with van der Waals surface area (Å²) in [4.78, 5) is 5.21. The third-order valence-corrected chi connectivity index (χ3v) is 10.9. The van der Waals surface area contributed by atoms with Crippen LogP contribution in [0.4, 0.5) is 0 Å². The fraction of sp³-hybridized carbons (Fsp3) is 0.0185. The molecule has 9 aromatic rings. The number of benzene rings is 8. The topological polar surface area (TPSA) is 24.9 Å². The first kappa shape index (κ1) is 33.3. The number of allylic oxidation sites excluding steroid dienone is 2. The largest absolute Gasteiger partial charge is 0.374 e. The van der Waals surface area contributed by atoms with E-state index in [0.717, 1.165) is 22.5 Å². The van der Waals surface area contributed by atoms with E-state index >= 15 is 0 Å². The van der Waals surface area contributed by atoms with Gasteiger partial charge in [-0.3, -0.25) is 0 Å². The molecule has 264 valence electrons. The summed E-state index contributed by atoms with van der Waals surface area (Å²) < 4.78 is 0. The molecule has 56 heavy (non-hydrogen) atoms. The van der Waals surface area contributed by atoms with Gasteiger partial charge >= 0.3 is 0 Å². The molecule has 0 aliphatic carbocycles. The highest BCUT2D eigenvalue weighted by molar-refractivity contribution is 6.17. The molecule has 0 amide bonds. The van der Waals surface area contributed by atoms with Gasteiger partial charge in [0.25, 0.3) is 0 Å². The third kappa shape index (κ3) is 6.38. The monoisotopic (exact) mass is 714 g/mol. The van der Waals surface area contributed by atoms with Gasteiger partial charge in [0.2, 0.25) is 0 Å². The molecule has 0 bridgehead atoms. The quantitative estimate of drug-likeness (QED) is 0.166. The van der Waals surface area contributed by atoms with Crippen molar-refractivity contribution in [2.45, 2.75) is 6.04 Å². The van der Waals surface area contributed by atoms with Crippen LogP contribution in [0.3, 0.4) is 0 Å². The Morgan fingerprint density at radius 3 is 1.73 bits per heavy atom. The van der Waals surface area contributed by atoms with Gasteiger partial charge in [0, 0.05) is 16.6 Å². The number of nitrogens with zero attached hydrogens (tertiary/aromatic N) is 1. The van der Waals surface area contributed by atoms with E-state index in [-0.39, 0.29) is 6.04 Å². The van der Waals surface area contributed by atoms with Gasteiger partial charge in [0.15, 0.2) is 0 Å². The number of pyridine rings is 1. The van der Waals surface area contributed by atoms with Crippen LogP contribution < -0.4 is 5.32 Å². The summed E-state index contributed by atoms with van der Waals surface area (Å²) in [7, 11) is 0. The van der Waals surface area contributed by atoms with E-state index in [0.29, 0.717) is 0 Å². The second-order valence-corrected chi connectivity index (χ2v) is 14.4. The van der Waals surface area contributed by atoms with E-state index in [4.69, 9.17) is 4.98 Å². The average Bonchev–Trinajstić information content (AvgIpc) is 3.29. The van der Waals surface area contributed by atoms with E-state index in [9.17, 15) is 0 Å². The summed E-state index contributed by atoms with van der Waals surface area (Å²) in [5.74, 6) is 0. The molecule has 0 saturated carbocycles. The van der Waals surface area contributed by atoms with Crippen LogP contribution in [0.2, 0.25) is 0 Å². The Morgan fingerprint density at radius 2 is 1.00 bits per heavy atom. The Hall–Kier alpha value is -7.29. The number of aromatic nitrogens is 1. The summed E-state index contributed by atoms with van der Waals surface area (Å²) in [6.07, 6.45) is 4.61. The van der Waals surface area contributed by atoms with Gasteiger partial charge in [-0.15, -0.1) is 0 Å². The van der Waals surface area contributed by atoms with Crippen molar-refractivity contribution in [2.75, 3.05) is 0 Å². The van der Waals surface area contributed by atoms with Crippen LogP contribution in [0.1, 0.15) is 22.7 Å². The van der Waals surface area contributed by atoms with Crippen LogP contribution in [0.25, 0.3) is 77.6 Å². The maximum atomic E-state index is 5.21. The summed E-state index contributed by atoms with van der Waals surface area (Å²) in [6.45, 7) is 0. The maximum absolute atomic E-state index is 5.21. The Kier molecular flexibility index (Phi) is 8.62. The smallest absolute Gasteiger partial charge is 0.0722 e. The molecule has 1 atom stereocenters. The molecule has 1 aliphatic rings. The van der Waals surface area contributed by atoms with Crippen LogP contribution in [0.5, 0.6) is 0 Å². The van der Waals surface area contributed by atoms with Crippen molar-refractivity contribution in [2.24, 2.45) is 0 Å². The van der Waals surface area contributed by atoms with E-state index in [2.05, 4.69) is 224 Å². The lowest BCUT2D eigenvalue weighted by Gasteiger charge is -2.25. The van der Waals surface area contributed by atoms with E-state index < -0.39 is 0 Å². The molecule has 1 unspecified atom stereocenters. The zero-order chi connectivity index (χ0) is 37.3. The molecule has 1 aromatic heterocycles. The lowest BCUT2D eigenvalue weighted by molar-refractivity contribution is 0.767. The molecular formula is C54H38N2. The molecule has 2 nitrogen and oxygen atoms in total. The molecule has 2 heteroatoms. The third-order valence-electron chi connectivity index (χ3n) is 10.9. The van der Waals surface area contributed by atoms with Crippen LogP contribution in [0, 0.1) is 0 Å².